The van der Waals surface area contributed by atoms with Gasteiger partial charge in [0.1, 0.15) is 0 Å². The van der Waals surface area contributed by atoms with Gasteiger partial charge in [-0.15, -0.1) is 0 Å². The van der Waals surface area contributed by atoms with Crippen molar-refractivity contribution in [2.75, 3.05) is 0 Å². The molecule has 0 aliphatic rings. The van der Waals surface area contributed by atoms with Gasteiger partial charge < -0.3 is 0 Å². The molecule has 0 radical (unpaired) electrons. The number of carbonyl (C=O) groups excluding carboxylic acids is 1. The third kappa shape index (κ3) is 21.2. The molecule has 0 spiro atoms. The van der Waals surface area contributed by atoms with Gasteiger partial charge >= 0.3 is 0 Å². The van der Waals surface area contributed by atoms with Crippen molar-refractivity contribution in [2.45, 2.75) is 110 Å². The summed E-state index contributed by atoms with van der Waals surface area (Å²) >= 11 is -1.26. The van der Waals surface area contributed by atoms with Crippen LogP contribution in [0.5, 0.6) is 0 Å². The highest BCUT2D eigenvalue weighted by Crippen LogP contribution is 2.19. The van der Waals surface area contributed by atoms with E-state index in [0.29, 0.717) is 12.0 Å². The number of benzene rings is 1. The van der Waals surface area contributed by atoms with Gasteiger partial charge in [-0.1, -0.05) is 115 Å². The summed E-state index contributed by atoms with van der Waals surface area (Å²) in [6.45, 7) is 2.27. The van der Waals surface area contributed by atoms with Crippen molar-refractivity contribution in [2.24, 2.45) is 10.3 Å². The normalized spacial score (nSPS) is 11.1. The number of ketones is 1. The largest absolute Gasteiger partial charge is 0.294 e. The number of rotatable bonds is 18. The lowest BCUT2D eigenvalue weighted by atomic mass is 10.0. The van der Waals surface area contributed by atoms with Crippen LogP contribution in [0.15, 0.2) is 24.3 Å². The van der Waals surface area contributed by atoms with Crippen molar-refractivity contribution in [1.82, 2.24) is 0 Å². The van der Waals surface area contributed by atoms with Crippen molar-refractivity contribution < 1.29 is 16.3 Å². The van der Waals surface area contributed by atoms with Gasteiger partial charge in [0.05, 0.1) is 3.57 Å². The molecule has 0 aromatic heterocycles. The molecule has 0 bridgehead atoms. The highest BCUT2D eigenvalue weighted by molar-refractivity contribution is 14.1. The van der Waals surface area contributed by atoms with Crippen LogP contribution in [0.2, 0.25) is 0 Å². The quantitative estimate of drug-likeness (QED) is 0.113. The molecular weight excluding hydrogens is 539 g/mol. The van der Waals surface area contributed by atoms with Crippen LogP contribution < -0.4 is 10.3 Å². The van der Waals surface area contributed by atoms with Crippen LogP contribution in [-0.4, -0.2) is 14.2 Å². The molecule has 8 heteroatoms. The first-order valence-electron chi connectivity index (χ1n) is 12.0. The monoisotopic (exact) mass is 582 g/mol. The average Bonchev–Trinajstić information content (AvgIpc) is 2.75. The maximum Gasteiger partial charge on any atom is 0.271 e. The van der Waals surface area contributed by atoms with Crippen molar-refractivity contribution in [3.8, 4) is 0 Å². The van der Waals surface area contributed by atoms with E-state index in [0.717, 1.165) is 16.4 Å². The van der Waals surface area contributed by atoms with E-state index in [1.807, 2.05) is 24.3 Å². The molecule has 0 fully saturated rings. The Hall–Kier alpha value is -0.710. The smallest absolute Gasteiger partial charge is 0.271 e. The van der Waals surface area contributed by atoms with Gasteiger partial charge in [0, 0.05) is 12.0 Å². The summed E-state index contributed by atoms with van der Waals surface area (Å²) in [4.78, 5) is 12.2. The summed E-state index contributed by atoms with van der Waals surface area (Å²) in [5.41, 5.74) is 0.686. The topological polar surface area (TPSA) is 120 Å². The number of carbonyl (C=O) groups is 1. The molecule has 1 aromatic carbocycles. The summed E-state index contributed by atoms with van der Waals surface area (Å²) in [6, 6.07) is 7.36. The van der Waals surface area contributed by atoms with Crippen molar-refractivity contribution in [3.05, 3.63) is 33.4 Å². The van der Waals surface area contributed by atoms with Crippen molar-refractivity contribution >= 4 is 37.2 Å². The van der Waals surface area contributed by atoms with Gasteiger partial charge in [0.15, 0.2) is 27.0 Å². The number of halogens is 1. The van der Waals surface area contributed by atoms with Gasteiger partial charge in [0.25, 0.3) is 10.2 Å². The first-order valence-corrected chi connectivity index (χ1v) is 15.6. The molecule has 1 rings (SSSR count). The predicted molar refractivity (Wildman–Crippen MR) is 141 cm³/mol. The molecule has 1 aromatic rings. The number of nitrogens with two attached hydrogens (primary N) is 2. The fourth-order valence-electron chi connectivity index (χ4n) is 3.55. The lowest BCUT2D eigenvalue weighted by Gasteiger charge is -2.04. The summed E-state index contributed by atoms with van der Waals surface area (Å²) in [7, 11) is -3.67. The Bertz CT molecular complexity index is 718. The first kappa shape index (κ1) is 31.3. The second-order valence-corrected chi connectivity index (χ2v) is 11.0. The summed E-state index contributed by atoms with van der Waals surface area (Å²) in [5, 5.41) is 8.21. The van der Waals surface area contributed by atoms with E-state index in [-0.39, 0.29) is 5.78 Å². The summed E-state index contributed by atoms with van der Waals surface area (Å²) < 4.78 is 30.4. The van der Waals surface area contributed by atoms with Gasteiger partial charge in [-0.25, -0.2) is 10.3 Å². The van der Waals surface area contributed by atoms with E-state index in [9.17, 15) is 16.3 Å². The predicted octanol–water partition coefficient (Wildman–Crippen LogP) is 6.77. The van der Waals surface area contributed by atoms with E-state index in [1.165, 1.54) is 83.5 Å². The number of hydrogen-bond donors (Lipinski definition) is 2. The lowest BCUT2D eigenvalue weighted by Crippen LogP contribution is -2.21. The molecule has 0 aliphatic carbocycles. The summed E-state index contributed by atoms with van der Waals surface area (Å²) in [5.74, 6) is 0.163. The highest BCUT2D eigenvalue weighted by atomic mass is 127. The van der Waals surface area contributed by atoms with E-state index >= 15 is 0 Å². The molecule has 32 heavy (non-hydrogen) atoms. The fraction of sp³-hybridized carbons (Fsp3) is 0.708. The maximum atomic E-state index is 12.2. The molecule has 0 aliphatic heterocycles. The average molecular weight is 583 g/mol. The Kier molecular flexibility index (Phi) is 20.4. The second kappa shape index (κ2) is 20.9. The fourth-order valence-corrected chi connectivity index (χ4v) is 4.62. The van der Waals surface area contributed by atoms with Crippen molar-refractivity contribution in [3.63, 3.8) is 0 Å². The van der Waals surface area contributed by atoms with E-state index in [1.54, 1.807) is 0 Å². The zero-order valence-electron chi connectivity index (χ0n) is 19.7. The van der Waals surface area contributed by atoms with E-state index in [2.05, 4.69) is 17.2 Å². The van der Waals surface area contributed by atoms with E-state index < -0.39 is 31.4 Å². The minimum atomic E-state index is -3.67. The molecule has 0 saturated heterocycles. The van der Waals surface area contributed by atoms with Crippen LogP contribution in [-0.2, 0) is 13.3 Å². The molecule has 6 nitrogen and oxygen atoms in total. The van der Waals surface area contributed by atoms with E-state index in [4.69, 9.17) is 0 Å². The number of hydrogen-bond acceptors (Lipinski definition) is 4. The number of Topliss-reactive ketones (excluding diaryl/α,β-unsaturated/α-hetero) is 1. The van der Waals surface area contributed by atoms with Gasteiger partial charge in [-0.05, 0) is 12.5 Å². The van der Waals surface area contributed by atoms with Crippen LogP contribution in [0.3, 0.4) is 0 Å². The Morgan fingerprint density at radius 3 is 1.53 bits per heavy atom. The van der Waals surface area contributed by atoms with Gasteiger partial charge in [-0.3, -0.25) is 7.86 Å². The molecule has 0 saturated carbocycles. The van der Waals surface area contributed by atoms with Crippen LogP contribution >= 0.6 is 21.2 Å². The highest BCUT2D eigenvalue weighted by Gasteiger charge is 2.10. The van der Waals surface area contributed by atoms with Crippen LogP contribution in [0.25, 0.3) is 0 Å². The zero-order valence-corrected chi connectivity index (χ0v) is 22.7. The minimum Gasteiger partial charge on any atom is -0.294 e. The molecular formula is C24H43IN2O4S. The maximum absolute atomic E-state index is 12.2. The van der Waals surface area contributed by atoms with Crippen LogP contribution in [0, 0.1) is 3.57 Å². The minimum absolute atomic E-state index is 0.163. The third-order valence-corrected chi connectivity index (χ3v) is 6.68. The molecule has 4 N–H and O–H groups in total. The number of unbranched alkanes of at least 4 members (excludes halogenated alkanes) is 14. The third-order valence-electron chi connectivity index (χ3n) is 5.26. The molecule has 0 atom stereocenters. The molecule has 0 amide bonds. The lowest BCUT2D eigenvalue weighted by molar-refractivity contribution is 0.0978. The van der Waals surface area contributed by atoms with Gasteiger partial charge in [0.2, 0.25) is 0 Å². The Balaban J connectivity index is 0.00000172. The Labute approximate surface area is 206 Å². The molecule has 0 heterocycles. The summed E-state index contributed by atoms with van der Waals surface area (Å²) in [6.07, 6.45) is 20.6. The molecule has 0 unspecified atom stereocenters. The standard InChI is InChI=1S/C24H39IO2.H4N2O2S/c1-2-3-4-5-6-7-8-9-10-11-12-13-14-15-16-21-24(26)22-19-17-18-20-23(22)25-27;1-5(2,3)4/h17-20H,2-16,21H2,1H3;(H4,1,2,3,4). The van der Waals surface area contributed by atoms with Gasteiger partial charge in [-0.2, -0.15) is 8.42 Å². The van der Waals surface area contributed by atoms with Crippen molar-refractivity contribution in [1.29, 1.82) is 0 Å². The molecule has 186 valence electrons. The first-order chi connectivity index (χ1) is 15.3. The SMILES string of the molecule is CCCCCCCCCCCCCCCCCC(=O)c1ccccc1I=O.NS(N)(=O)=O. The van der Waals surface area contributed by atoms with Crippen LogP contribution in [0.1, 0.15) is 120 Å². The van der Waals surface area contributed by atoms with Crippen LogP contribution in [0.4, 0.5) is 0 Å². The second-order valence-electron chi connectivity index (χ2n) is 8.27. The zero-order chi connectivity index (χ0) is 24.1. The Morgan fingerprint density at radius 1 is 0.750 bits per heavy atom. The Morgan fingerprint density at radius 2 is 1.12 bits per heavy atom.